The maximum absolute atomic E-state index is 5.87. The molecule has 1 aromatic heterocycles. The average molecular weight is 384 g/mol. The number of rotatable bonds is 7. The van der Waals surface area contributed by atoms with Gasteiger partial charge < -0.3 is 15.0 Å². The zero-order valence-corrected chi connectivity index (χ0v) is 16.7. The molecule has 0 saturated carbocycles. The first-order valence-corrected chi connectivity index (χ1v) is 9.61. The standard InChI is InChI=1S/C24H24N4O/c1-28(2)16-23-26-22-11-7-6-10-21(22)24(27-23)25-19-12-14-20(15-13-19)29-17-18-8-4-3-5-9-18/h3-15H,16-17H2,1-2H3,(H,25,26,27). The summed E-state index contributed by atoms with van der Waals surface area (Å²) in [5.41, 5.74) is 3.04. The Bertz CT molecular complexity index is 1080. The molecule has 0 fully saturated rings. The third-order valence-electron chi connectivity index (χ3n) is 4.47. The highest BCUT2D eigenvalue weighted by atomic mass is 16.5. The molecule has 146 valence electrons. The molecule has 0 atom stereocenters. The molecule has 0 radical (unpaired) electrons. The lowest BCUT2D eigenvalue weighted by Crippen LogP contribution is -2.14. The fourth-order valence-electron chi connectivity index (χ4n) is 3.09. The lowest BCUT2D eigenvalue weighted by Gasteiger charge is -2.13. The van der Waals surface area contributed by atoms with E-state index in [0.29, 0.717) is 13.2 Å². The number of benzene rings is 3. The second-order valence-electron chi connectivity index (χ2n) is 7.17. The summed E-state index contributed by atoms with van der Waals surface area (Å²) < 4.78 is 5.87. The van der Waals surface area contributed by atoms with E-state index in [1.165, 1.54) is 0 Å². The van der Waals surface area contributed by atoms with Crippen LogP contribution in [0.4, 0.5) is 11.5 Å². The van der Waals surface area contributed by atoms with Crippen molar-refractivity contribution in [3.63, 3.8) is 0 Å². The van der Waals surface area contributed by atoms with Crippen LogP contribution in [0.25, 0.3) is 10.9 Å². The fraction of sp³-hybridized carbons (Fsp3) is 0.167. The number of nitrogens with one attached hydrogen (secondary N) is 1. The number of hydrogen-bond donors (Lipinski definition) is 1. The quantitative estimate of drug-likeness (QED) is 0.485. The van der Waals surface area contributed by atoms with Crippen molar-refractivity contribution < 1.29 is 4.74 Å². The van der Waals surface area contributed by atoms with E-state index in [9.17, 15) is 0 Å². The van der Waals surface area contributed by atoms with Gasteiger partial charge in [0, 0.05) is 11.1 Å². The molecule has 29 heavy (non-hydrogen) atoms. The molecular formula is C24H24N4O. The lowest BCUT2D eigenvalue weighted by molar-refractivity contribution is 0.306. The van der Waals surface area contributed by atoms with E-state index >= 15 is 0 Å². The number of para-hydroxylation sites is 1. The van der Waals surface area contributed by atoms with Crippen molar-refractivity contribution in [3.05, 3.63) is 90.3 Å². The summed E-state index contributed by atoms with van der Waals surface area (Å²) in [6.07, 6.45) is 0. The SMILES string of the molecule is CN(C)Cc1nc(Nc2ccc(OCc3ccccc3)cc2)c2ccccc2n1. The Hall–Kier alpha value is -3.44. The molecule has 4 rings (SSSR count). The molecule has 0 aliphatic heterocycles. The zero-order valence-electron chi connectivity index (χ0n) is 16.7. The van der Waals surface area contributed by atoms with Crippen LogP contribution in [0.3, 0.4) is 0 Å². The molecule has 5 nitrogen and oxygen atoms in total. The van der Waals surface area contributed by atoms with Crippen molar-refractivity contribution in [1.82, 2.24) is 14.9 Å². The van der Waals surface area contributed by atoms with Crippen molar-refractivity contribution in [2.45, 2.75) is 13.2 Å². The van der Waals surface area contributed by atoms with E-state index in [4.69, 9.17) is 9.72 Å². The fourth-order valence-corrected chi connectivity index (χ4v) is 3.09. The number of anilines is 2. The van der Waals surface area contributed by atoms with Gasteiger partial charge in [0.2, 0.25) is 0 Å². The summed E-state index contributed by atoms with van der Waals surface area (Å²) in [5, 5.41) is 4.44. The Balaban J connectivity index is 1.52. The molecule has 5 heteroatoms. The minimum Gasteiger partial charge on any atom is -0.489 e. The molecule has 1 heterocycles. The second kappa shape index (κ2) is 8.71. The number of ether oxygens (including phenoxy) is 1. The van der Waals surface area contributed by atoms with Crippen molar-refractivity contribution in [3.8, 4) is 5.75 Å². The molecule has 0 bridgehead atoms. The molecule has 0 saturated heterocycles. The molecule has 0 amide bonds. The zero-order chi connectivity index (χ0) is 20.1. The largest absolute Gasteiger partial charge is 0.489 e. The minimum atomic E-state index is 0.554. The van der Waals surface area contributed by atoms with Gasteiger partial charge in [-0.15, -0.1) is 0 Å². The van der Waals surface area contributed by atoms with Crippen LogP contribution >= 0.6 is 0 Å². The predicted molar refractivity (Wildman–Crippen MR) is 117 cm³/mol. The van der Waals surface area contributed by atoms with Gasteiger partial charge in [0.25, 0.3) is 0 Å². The van der Waals surface area contributed by atoms with Crippen molar-refractivity contribution in [2.24, 2.45) is 0 Å². The van der Waals surface area contributed by atoms with Crippen LogP contribution in [-0.2, 0) is 13.2 Å². The highest BCUT2D eigenvalue weighted by molar-refractivity contribution is 5.90. The highest BCUT2D eigenvalue weighted by Gasteiger charge is 2.09. The van der Waals surface area contributed by atoms with Gasteiger partial charge >= 0.3 is 0 Å². The van der Waals surface area contributed by atoms with E-state index < -0.39 is 0 Å². The molecular weight excluding hydrogens is 360 g/mol. The van der Waals surface area contributed by atoms with Gasteiger partial charge in [0.1, 0.15) is 24.0 Å². The van der Waals surface area contributed by atoms with E-state index in [0.717, 1.165) is 39.5 Å². The van der Waals surface area contributed by atoms with E-state index in [-0.39, 0.29) is 0 Å². The van der Waals surface area contributed by atoms with Gasteiger partial charge in [0.05, 0.1) is 12.1 Å². The normalized spacial score (nSPS) is 11.0. The van der Waals surface area contributed by atoms with E-state index in [1.54, 1.807) is 0 Å². The van der Waals surface area contributed by atoms with Gasteiger partial charge in [-0.05, 0) is 56.1 Å². The minimum absolute atomic E-state index is 0.554. The maximum atomic E-state index is 5.87. The second-order valence-corrected chi connectivity index (χ2v) is 7.17. The summed E-state index contributed by atoms with van der Waals surface area (Å²) in [6.45, 7) is 1.24. The van der Waals surface area contributed by atoms with E-state index in [2.05, 4.69) is 27.3 Å². The van der Waals surface area contributed by atoms with E-state index in [1.807, 2.05) is 80.8 Å². The number of fused-ring (bicyclic) bond motifs is 1. The van der Waals surface area contributed by atoms with Gasteiger partial charge in [-0.25, -0.2) is 9.97 Å². The third kappa shape index (κ3) is 4.89. The summed E-state index contributed by atoms with van der Waals surface area (Å²) in [7, 11) is 4.03. The summed E-state index contributed by atoms with van der Waals surface area (Å²) in [4.78, 5) is 11.5. The van der Waals surface area contributed by atoms with Crippen molar-refractivity contribution in [2.75, 3.05) is 19.4 Å². The topological polar surface area (TPSA) is 50.3 Å². The molecule has 1 N–H and O–H groups in total. The first-order chi connectivity index (χ1) is 14.2. The molecule has 4 aromatic rings. The molecule has 0 spiro atoms. The number of nitrogens with zero attached hydrogens (tertiary/aromatic N) is 3. The molecule has 3 aromatic carbocycles. The Morgan fingerprint density at radius 3 is 2.31 bits per heavy atom. The van der Waals surface area contributed by atoms with Crippen LogP contribution in [0, 0.1) is 0 Å². The highest BCUT2D eigenvalue weighted by Crippen LogP contribution is 2.25. The average Bonchev–Trinajstić information content (AvgIpc) is 2.73. The molecule has 0 aliphatic rings. The Morgan fingerprint density at radius 1 is 0.828 bits per heavy atom. The van der Waals surface area contributed by atoms with Crippen LogP contribution < -0.4 is 10.1 Å². The summed E-state index contributed by atoms with van der Waals surface area (Å²) in [5.74, 6) is 2.43. The van der Waals surface area contributed by atoms with Crippen LogP contribution in [0.1, 0.15) is 11.4 Å². The van der Waals surface area contributed by atoms with Crippen molar-refractivity contribution in [1.29, 1.82) is 0 Å². The number of hydrogen-bond acceptors (Lipinski definition) is 5. The monoisotopic (exact) mass is 384 g/mol. The smallest absolute Gasteiger partial charge is 0.145 e. The molecule has 0 unspecified atom stereocenters. The first-order valence-electron chi connectivity index (χ1n) is 9.61. The van der Waals surface area contributed by atoms with Gasteiger partial charge in [-0.3, -0.25) is 0 Å². The number of aromatic nitrogens is 2. The summed E-state index contributed by atoms with van der Waals surface area (Å²) in [6, 6.07) is 26.1. The van der Waals surface area contributed by atoms with Crippen molar-refractivity contribution >= 4 is 22.4 Å². The molecule has 0 aliphatic carbocycles. The maximum Gasteiger partial charge on any atom is 0.145 e. The third-order valence-corrected chi connectivity index (χ3v) is 4.47. The van der Waals surface area contributed by atoms with Gasteiger partial charge in [0.15, 0.2) is 0 Å². The van der Waals surface area contributed by atoms with Crippen LogP contribution in [0.2, 0.25) is 0 Å². The van der Waals surface area contributed by atoms with Crippen LogP contribution in [-0.4, -0.2) is 29.0 Å². The Morgan fingerprint density at radius 2 is 1.55 bits per heavy atom. The predicted octanol–water partition coefficient (Wildman–Crippen LogP) is 5.01. The van der Waals surface area contributed by atoms with Gasteiger partial charge in [-0.1, -0.05) is 42.5 Å². The van der Waals surface area contributed by atoms with Crippen LogP contribution in [0.5, 0.6) is 5.75 Å². The van der Waals surface area contributed by atoms with Crippen LogP contribution in [0.15, 0.2) is 78.9 Å². The Kier molecular flexibility index (Phi) is 5.68. The first kappa shape index (κ1) is 18.9. The van der Waals surface area contributed by atoms with Gasteiger partial charge in [-0.2, -0.15) is 0 Å². The summed E-state index contributed by atoms with van der Waals surface area (Å²) >= 11 is 0. The Labute approximate surface area is 171 Å². The lowest BCUT2D eigenvalue weighted by atomic mass is 10.2.